The third-order valence-electron chi connectivity index (χ3n) is 7.18. The summed E-state index contributed by atoms with van der Waals surface area (Å²) in [5, 5.41) is 23.6. The fraction of sp³-hybridized carbons (Fsp3) is 0.444. The van der Waals surface area contributed by atoms with Crippen molar-refractivity contribution in [3.63, 3.8) is 0 Å². The number of fused-ring (bicyclic) bond motifs is 3. The molecule has 186 valence electrons. The number of nitrogens with one attached hydrogen (secondary N) is 2. The Labute approximate surface area is 204 Å². The monoisotopic (exact) mass is 480 g/mol. The van der Waals surface area contributed by atoms with Crippen LogP contribution in [-0.4, -0.2) is 54.0 Å². The standard InChI is InChI=1S/C27H32N2O6/c30-23(25(32)33)15-28-24(31)14-27(12-6-1-7-13-27)17-29-26(34)35-16-22-20-10-4-2-8-18(20)19-9-3-5-11-21(19)22/h2-5,8-11,22-23,30H,1,6-7,12-17H2,(H,28,31)(H,29,34)(H,32,33). The number of benzene rings is 2. The number of hydrogen-bond acceptors (Lipinski definition) is 5. The van der Waals surface area contributed by atoms with Crippen LogP contribution < -0.4 is 10.6 Å². The summed E-state index contributed by atoms with van der Waals surface area (Å²) >= 11 is 0. The normalized spacial score (nSPS) is 17.1. The number of aliphatic hydroxyl groups excluding tert-OH is 1. The van der Waals surface area contributed by atoms with Crippen molar-refractivity contribution < 1.29 is 29.3 Å². The first-order valence-corrected chi connectivity index (χ1v) is 12.1. The van der Waals surface area contributed by atoms with Crippen LogP contribution in [0.15, 0.2) is 48.5 Å². The van der Waals surface area contributed by atoms with Crippen LogP contribution in [-0.2, 0) is 14.3 Å². The van der Waals surface area contributed by atoms with Crippen molar-refractivity contribution in [2.24, 2.45) is 5.41 Å². The summed E-state index contributed by atoms with van der Waals surface area (Å²) in [7, 11) is 0. The van der Waals surface area contributed by atoms with E-state index in [0.717, 1.165) is 54.4 Å². The Kier molecular flexibility index (Phi) is 7.70. The first kappa shape index (κ1) is 24.7. The van der Waals surface area contributed by atoms with Crippen molar-refractivity contribution in [2.75, 3.05) is 19.7 Å². The van der Waals surface area contributed by atoms with E-state index in [-0.39, 0.29) is 31.4 Å². The van der Waals surface area contributed by atoms with Crippen LogP contribution >= 0.6 is 0 Å². The summed E-state index contributed by atoms with van der Waals surface area (Å²) in [6.45, 7) is 0.184. The second-order valence-electron chi connectivity index (χ2n) is 9.57. The minimum Gasteiger partial charge on any atom is -0.479 e. The Morgan fingerprint density at radius 3 is 2.14 bits per heavy atom. The van der Waals surface area contributed by atoms with Crippen LogP contribution in [0.25, 0.3) is 11.1 Å². The van der Waals surface area contributed by atoms with Gasteiger partial charge < -0.3 is 25.6 Å². The van der Waals surface area contributed by atoms with Gasteiger partial charge >= 0.3 is 12.1 Å². The first-order chi connectivity index (χ1) is 16.9. The zero-order valence-corrected chi connectivity index (χ0v) is 19.7. The Balaban J connectivity index is 1.33. The number of carbonyl (C=O) groups excluding carboxylic acids is 2. The van der Waals surface area contributed by atoms with E-state index in [1.54, 1.807) is 0 Å². The lowest BCUT2D eigenvalue weighted by Crippen LogP contribution is -2.44. The number of amides is 2. The fourth-order valence-electron chi connectivity index (χ4n) is 5.33. The van der Waals surface area contributed by atoms with Crippen LogP contribution in [0.1, 0.15) is 55.6 Å². The van der Waals surface area contributed by atoms with Gasteiger partial charge in [0.05, 0.1) is 6.54 Å². The van der Waals surface area contributed by atoms with Crippen molar-refractivity contribution in [3.05, 3.63) is 59.7 Å². The van der Waals surface area contributed by atoms with E-state index in [1.807, 2.05) is 24.3 Å². The molecule has 4 N–H and O–H groups in total. The minimum absolute atomic E-state index is 0.0248. The van der Waals surface area contributed by atoms with Gasteiger partial charge in [-0.3, -0.25) is 4.79 Å². The third kappa shape index (κ3) is 5.82. The van der Waals surface area contributed by atoms with Crippen LogP contribution in [0.2, 0.25) is 0 Å². The molecule has 1 fully saturated rings. The smallest absolute Gasteiger partial charge is 0.407 e. The van der Waals surface area contributed by atoms with Gasteiger partial charge in [0.2, 0.25) is 5.91 Å². The average Bonchev–Trinajstić information content (AvgIpc) is 3.19. The molecule has 2 aliphatic carbocycles. The van der Waals surface area contributed by atoms with Crippen LogP contribution in [0, 0.1) is 5.41 Å². The summed E-state index contributed by atoms with van der Waals surface area (Å²) < 4.78 is 5.64. The number of aliphatic hydroxyl groups is 1. The van der Waals surface area contributed by atoms with E-state index in [0.29, 0.717) is 6.54 Å². The van der Waals surface area contributed by atoms with Crippen molar-refractivity contribution in [3.8, 4) is 11.1 Å². The summed E-state index contributed by atoms with van der Waals surface area (Å²) in [4.78, 5) is 35.9. The number of carbonyl (C=O) groups is 3. The van der Waals surface area contributed by atoms with Gasteiger partial charge in [-0.1, -0.05) is 67.8 Å². The molecule has 0 bridgehead atoms. The molecule has 8 nitrogen and oxygen atoms in total. The van der Waals surface area contributed by atoms with E-state index < -0.39 is 23.6 Å². The molecule has 0 saturated heterocycles. The predicted octanol–water partition coefficient (Wildman–Crippen LogP) is 3.43. The number of alkyl carbamates (subject to hydrolysis) is 1. The van der Waals surface area contributed by atoms with Gasteiger partial charge in [-0.25, -0.2) is 9.59 Å². The summed E-state index contributed by atoms with van der Waals surface area (Å²) in [6, 6.07) is 16.3. The molecule has 35 heavy (non-hydrogen) atoms. The molecule has 2 amide bonds. The molecule has 4 rings (SSSR count). The highest BCUT2D eigenvalue weighted by atomic mass is 16.5. The molecule has 2 aromatic rings. The van der Waals surface area contributed by atoms with Crippen LogP contribution in [0.3, 0.4) is 0 Å². The lowest BCUT2D eigenvalue weighted by molar-refractivity contribution is -0.146. The van der Waals surface area contributed by atoms with Gasteiger partial charge in [0.15, 0.2) is 6.10 Å². The van der Waals surface area contributed by atoms with Gasteiger partial charge in [-0.2, -0.15) is 0 Å². The van der Waals surface area contributed by atoms with E-state index in [2.05, 4.69) is 34.9 Å². The predicted molar refractivity (Wildman–Crippen MR) is 130 cm³/mol. The molecule has 0 spiro atoms. The highest BCUT2D eigenvalue weighted by Crippen LogP contribution is 2.44. The highest BCUT2D eigenvalue weighted by Gasteiger charge is 2.35. The molecule has 2 aromatic carbocycles. The number of rotatable bonds is 9. The quantitative estimate of drug-likeness (QED) is 0.436. The Bertz CT molecular complexity index is 1030. The summed E-state index contributed by atoms with van der Waals surface area (Å²) in [5.74, 6) is -1.74. The van der Waals surface area contributed by atoms with E-state index in [9.17, 15) is 19.5 Å². The van der Waals surface area contributed by atoms with Gasteiger partial charge in [-0.05, 0) is 40.5 Å². The SMILES string of the molecule is O=C(CC1(CNC(=O)OCC2c3ccccc3-c3ccccc32)CCCCC1)NCC(O)C(=O)O. The number of hydrogen-bond donors (Lipinski definition) is 4. The lowest BCUT2D eigenvalue weighted by atomic mass is 9.71. The fourth-order valence-corrected chi connectivity index (χ4v) is 5.33. The van der Waals surface area contributed by atoms with E-state index >= 15 is 0 Å². The maximum Gasteiger partial charge on any atom is 0.407 e. The Hall–Kier alpha value is -3.39. The molecule has 8 heteroatoms. The molecule has 0 heterocycles. The zero-order valence-electron chi connectivity index (χ0n) is 19.7. The van der Waals surface area contributed by atoms with Crippen molar-refractivity contribution in [1.82, 2.24) is 10.6 Å². The maximum absolute atomic E-state index is 12.7. The molecule has 1 unspecified atom stereocenters. The Morgan fingerprint density at radius 2 is 1.54 bits per heavy atom. The zero-order chi connectivity index (χ0) is 24.8. The topological polar surface area (TPSA) is 125 Å². The maximum atomic E-state index is 12.7. The summed E-state index contributed by atoms with van der Waals surface area (Å²) in [6.07, 6.45) is 2.56. The number of ether oxygens (including phenoxy) is 1. The van der Waals surface area contributed by atoms with Crippen LogP contribution in [0.4, 0.5) is 4.79 Å². The molecule has 0 aromatic heterocycles. The molecule has 0 aliphatic heterocycles. The molecule has 1 atom stereocenters. The molecule has 2 aliphatic rings. The molecular weight excluding hydrogens is 448 g/mol. The van der Waals surface area contributed by atoms with Crippen molar-refractivity contribution in [2.45, 2.75) is 50.5 Å². The highest BCUT2D eigenvalue weighted by molar-refractivity contribution is 5.80. The van der Waals surface area contributed by atoms with Crippen molar-refractivity contribution >= 4 is 18.0 Å². The Morgan fingerprint density at radius 1 is 0.943 bits per heavy atom. The largest absolute Gasteiger partial charge is 0.479 e. The molecular formula is C27H32N2O6. The van der Waals surface area contributed by atoms with E-state index in [4.69, 9.17) is 9.84 Å². The molecule has 1 saturated carbocycles. The number of carboxylic acid groups (broad SMARTS) is 1. The van der Waals surface area contributed by atoms with Gasteiger partial charge in [-0.15, -0.1) is 0 Å². The number of aliphatic carboxylic acids is 1. The van der Waals surface area contributed by atoms with Crippen molar-refractivity contribution in [1.29, 1.82) is 0 Å². The summed E-state index contributed by atoms with van der Waals surface area (Å²) in [5.41, 5.74) is 4.20. The van der Waals surface area contributed by atoms with Gasteiger partial charge in [0.25, 0.3) is 0 Å². The number of carboxylic acids is 1. The third-order valence-corrected chi connectivity index (χ3v) is 7.18. The second kappa shape index (κ2) is 10.9. The average molecular weight is 481 g/mol. The van der Waals surface area contributed by atoms with E-state index in [1.165, 1.54) is 0 Å². The van der Waals surface area contributed by atoms with Gasteiger partial charge in [0.1, 0.15) is 6.61 Å². The van der Waals surface area contributed by atoms with Crippen LogP contribution in [0.5, 0.6) is 0 Å². The second-order valence-corrected chi connectivity index (χ2v) is 9.57. The molecule has 0 radical (unpaired) electrons. The minimum atomic E-state index is -1.64. The lowest BCUT2D eigenvalue weighted by Gasteiger charge is -2.37. The van der Waals surface area contributed by atoms with Gasteiger partial charge in [0, 0.05) is 18.9 Å². The first-order valence-electron chi connectivity index (χ1n) is 12.1.